The predicted molar refractivity (Wildman–Crippen MR) is 87.7 cm³/mol. The van der Waals surface area contributed by atoms with Crippen LogP contribution in [0.4, 0.5) is 0 Å². The number of hydrogen-bond donors (Lipinski definition) is 1. The molecule has 4 rings (SSSR count). The Labute approximate surface area is 146 Å². The van der Waals surface area contributed by atoms with Crippen LogP contribution < -0.4 is 15.0 Å². The van der Waals surface area contributed by atoms with Crippen molar-refractivity contribution in [1.29, 1.82) is 0 Å². The molecular weight excluding hydrogens is 348 g/mol. The number of rotatable bonds is 3. The van der Waals surface area contributed by atoms with Gasteiger partial charge in [0.2, 0.25) is 5.88 Å². The highest BCUT2D eigenvalue weighted by atomic mass is 32.2. The zero-order chi connectivity index (χ0) is 17.7. The van der Waals surface area contributed by atoms with Gasteiger partial charge in [0.05, 0.1) is 14.2 Å². The molecule has 0 aliphatic carbocycles. The molecule has 9 heteroatoms. The number of carbonyl (C=O) groups excluding carboxylic acids is 1. The molecule has 2 aliphatic rings. The Hall–Kier alpha value is -2.68. The summed E-state index contributed by atoms with van der Waals surface area (Å²) in [6.07, 6.45) is -1.04. The Bertz CT molecular complexity index is 955. The molecule has 0 unspecified atom stereocenters. The Morgan fingerprint density at radius 3 is 2.84 bits per heavy atom. The first-order valence-corrected chi connectivity index (χ1v) is 8.47. The van der Waals surface area contributed by atoms with Gasteiger partial charge < -0.3 is 19.3 Å². The van der Waals surface area contributed by atoms with Crippen molar-refractivity contribution in [2.45, 2.75) is 17.8 Å². The summed E-state index contributed by atoms with van der Waals surface area (Å²) in [5, 5.41) is 10.7. The number of carbonyl (C=O) groups is 1. The SMILES string of the molecule is COc1ccc2c(c1OC)C(=O)O[C@H]2c1c(O)nc2n(c1=O)CCS2. The van der Waals surface area contributed by atoms with Crippen LogP contribution in [-0.2, 0) is 11.3 Å². The largest absolute Gasteiger partial charge is 0.493 e. The predicted octanol–water partition coefficient (Wildman–Crippen LogP) is 1.33. The molecule has 1 atom stereocenters. The maximum Gasteiger partial charge on any atom is 0.343 e. The molecule has 1 aromatic heterocycles. The Morgan fingerprint density at radius 2 is 2.12 bits per heavy atom. The lowest BCUT2D eigenvalue weighted by atomic mass is 9.99. The number of cyclic esters (lactones) is 1. The van der Waals surface area contributed by atoms with Gasteiger partial charge in [-0.15, -0.1) is 0 Å². The van der Waals surface area contributed by atoms with Gasteiger partial charge in [-0.05, 0) is 6.07 Å². The van der Waals surface area contributed by atoms with E-state index in [0.717, 1.165) is 0 Å². The monoisotopic (exact) mass is 362 g/mol. The summed E-state index contributed by atoms with van der Waals surface area (Å²) in [5.74, 6) is 0.248. The maximum atomic E-state index is 12.8. The molecular formula is C16H14N2O6S. The van der Waals surface area contributed by atoms with E-state index >= 15 is 0 Å². The van der Waals surface area contributed by atoms with Gasteiger partial charge in [-0.3, -0.25) is 9.36 Å². The fraction of sp³-hybridized carbons (Fsp3) is 0.312. The first-order chi connectivity index (χ1) is 12.1. The average molecular weight is 362 g/mol. The Kier molecular flexibility index (Phi) is 3.60. The molecule has 8 nitrogen and oxygen atoms in total. The van der Waals surface area contributed by atoms with E-state index in [9.17, 15) is 14.7 Å². The average Bonchev–Trinajstić information content (AvgIpc) is 3.19. The summed E-state index contributed by atoms with van der Waals surface area (Å²) in [7, 11) is 2.88. The molecule has 130 valence electrons. The molecule has 2 aromatic rings. The van der Waals surface area contributed by atoms with Crippen LogP contribution in [0.2, 0.25) is 0 Å². The summed E-state index contributed by atoms with van der Waals surface area (Å²) >= 11 is 1.39. The number of ether oxygens (including phenoxy) is 3. The zero-order valence-electron chi connectivity index (χ0n) is 13.4. The number of aromatic nitrogens is 2. The van der Waals surface area contributed by atoms with Crippen LogP contribution in [0.5, 0.6) is 17.4 Å². The zero-order valence-corrected chi connectivity index (χ0v) is 14.3. The molecule has 0 saturated heterocycles. The number of thioether (sulfide) groups is 1. The van der Waals surface area contributed by atoms with Gasteiger partial charge in [-0.2, -0.15) is 4.98 Å². The molecule has 0 bridgehead atoms. The maximum absolute atomic E-state index is 12.8. The van der Waals surface area contributed by atoms with Crippen LogP contribution in [-0.4, -0.2) is 40.6 Å². The smallest absolute Gasteiger partial charge is 0.343 e. The van der Waals surface area contributed by atoms with Crippen LogP contribution in [0.1, 0.15) is 27.6 Å². The minimum Gasteiger partial charge on any atom is -0.493 e. The lowest BCUT2D eigenvalue weighted by Gasteiger charge is -2.14. The number of fused-ring (bicyclic) bond motifs is 2. The van der Waals surface area contributed by atoms with E-state index in [1.165, 1.54) is 30.5 Å². The number of methoxy groups -OCH3 is 2. The normalized spacial score (nSPS) is 17.8. The number of benzene rings is 1. The highest BCUT2D eigenvalue weighted by Crippen LogP contribution is 2.45. The summed E-state index contributed by atoms with van der Waals surface area (Å²) < 4.78 is 17.3. The van der Waals surface area contributed by atoms with E-state index in [-0.39, 0.29) is 16.9 Å². The fourth-order valence-corrected chi connectivity index (χ4v) is 4.06. The van der Waals surface area contributed by atoms with Crippen LogP contribution in [0.3, 0.4) is 0 Å². The van der Waals surface area contributed by atoms with Gasteiger partial charge in [0.1, 0.15) is 11.1 Å². The van der Waals surface area contributed by atoms with Crippen molar-refractivity contribution in [3.63, 3.8) is 0 Å². The van der Waals surface area contributed by atoms with Crippen molar-refractivity contribution >= 4 is 17.7 Å². The van der Waals surface area contributed by atoms with Gasteiger partial charge in [0.25, 0.3) is 5.56 Å². The van der Waals surface area contributed by atoms with E-state index in [1.807, 2.05) is 0 Å². The summed E-state index contributed by atoms with van der Waals surface area (Å²) in [5.41, 5.74) is 0.159. The molecule has 0 spiro atoms. The highest BCUT2D eigenvalue weighted by Gasteiger charge is 2.40. The van der Waals surface area contributed by atoms with E-state index in [1.54, 1.807) is 12.1 Å². The lowest BCUT2D eigenvalue weighted by Crippen LogP contribution is -2.26. The minimum atomic E-state index is -1.04. The third kappa shape index (κ3) is 2.19. The Balaban J connectivity index is 1.92. The van der Waals surface area contributed by atoms with E-state index < -0.39 is 23.5 Å². The molecule has 2 aliphatic heterocycles. The third-order valence-electron chi connectivity index (χ3n) is 4.25. The number of nitrogens with zero attached hydrogens (tertiary/aromatic N) is 2. The van der Waals surface area contributed by atoms with Gasteiger partial charge in [-0.25, -0.2) is 4.79 Å². The number of esters is 1. The fourth-order valence-electron chi connectivity index (χ4n) is 3.12. The molecule has 0 amide bonds. The Morgan fingerprint density at radius 1 is 1.32 bits per heavy atom. The first kappa shape index (κ1) is 15.8. The second-order valence-corrected chi connectivity index (χ2v) is 6.55. The molecule has 0 fully saturated rings. The third-order valence-corrected chi connectivity index (χ3v) is 5.20. The van der Waals surface area contributed by atoms with Crippen LogP contribution in [0.25, 0.3) is 0 Å². The second-order valence-electron chi connectivity index (χ2n) is 5.49. The lowest BCUT2D eigenvalue weighted by molar-refractivity contribution is 0.0446. The standard InChI is InChI=1S/C16H14N2O6S/c1-22-8-4-3-7-9(12(8)23-2)15(21)24-11(7)10-13(19)17-16-18(14(10)20)5-6-25-16/h3-4,11,19H,5-6H2,1-2H3/t11-/m1/s1. The molecule has 3 heterocycles. The molecule has 0 saturated carbocycles. The number of hydrogen-bond acceptors (Lipinski definition) is 8. The van der Waals surface area contributed by atoms with Crippen molar-refractivity contribution in [2.24, 2.45) is 0 Å². The highest BCUT2D eigenvalue weighted by molar-refractivity contribution is 7.99. The van der Waals surface area contributed by atoms with Gasteiger partial charge in [0.15, 0.2) is 22.8 Å². The molecule has 25 heavy (non-hydrogen) atoms. The van der Waals surface area contributed by atoms with Gasteiger partial charge in [0, 0.05) is 17.9 Å². The van der Waals surface area contributed by atoms with Crippen molar-refractivity contribution < 1.29 is 24.1 Å². The first-order valence-electron chi connectivity index (χ1n) is 7.49. The van der Waals surface area contributed by atoms with Crippen LogP contribution in [0.15, 0.2) is 22.1 Å². The number of aromatic hydroxyl groups is 1. The molecule has 1 N–H and O–H groups in total. The molecule has 0 radical (unpaired) electrons. The minimum absolute atomic E-state index is 0.0504. The van der Waals surface area contributed by atoms with Crippen LogP contribution >= 0.6 is 11.8 Å². The quantitative estimate of drug-likeness (QED) is 0.645. The van der Waals surface area contributed by atoms with E-state index in [2.05, 4.69) is 4.98 Å². The molecule has 1 aromatic carbocycles. The summed E-state index contributed by atoms with van der Waals surface area (Å²) in [6.45, 7) is 0.499. The van der Waals surface area contributed by atoms with Gasteiger partial charge in [-0.1, -0.05) is 17.8 Å². The van der Waals surface area contributed by atoms with Crippen molar-refractivity contribution in [1.82, 2.24) is 9.55 Å². The summed E-state index contributed by atoms with van der Waals surface area (Å²) in [4.78, 5) is 29.2. The topological polar surface area (TPSA) is 99.9 Å². The van der Waals surface area contributed by atoms with Crippen molar-refractivity contribution in [3.8, 4) is 17.4 Å². The van der Waals surface area contributed by atoms with Gasteiger partial charge >= 0.3 is 5.97 Å². The van der Waals surface area contributed by atoms with Crippen LogP contribution in [0, 0.1) is 0 Å². The summed E-state index contributed by atoms with van der Waals surface area (Å²) in [6, 6.07) is 3.25. The second kappa shape index (κ2) is 5.69. The van der Waals surface area contributed by atoms with E-state index in [4.69, 9.17) is 14.2 Å². The van der Waals surface area contributed by atoms with Crippen molar-refractivity contribution in [2.75, 3.05) is 20.0 Å². The van der Waals surface area contributed by atoms with E-state index in [0.29, 0.717) is 28.8 Å². The van der Waals surface area contributed by atoms with Crippen molar-refractivity contribution in [3.05, 3.63) is 39.2 Å².